The van der Waals surface area contributed by atoms with Crippen molar-refractivity contribution in [3.8, 4) is 11.1 Å². The number of benzene rings is 1. The molecule has 5 nitrogen and oxygen atoms in total. The van der Waals surface area contributed by atoms with Gasteiger partial charge in [-0.05, 0) is 17.7 Å². The maximum Gasteiger partial charge on any atom is 0.259 e. The first-order valence-corrected chi connectivity index (χ1v) is 7.34. The molecular weight excluding hydrogens is 297 g/mol. The number of halogens is 1. The Kier molecular flexibility index (Phi) is 3.85. The summed E-state index contributed by atoms with van der Waals surface area (Å²) in [7, 11) is 1.53. The lowest BCUT2D eigenvalue weighted by molar-refractivity contribution is -0.128. The van der Waals surface area contributed by atoms with E-state index in [0.717, 1.165) is 0 Å². The normalized spacial score (nSPS) is 20.1. The number of carbonyl (C=O) groups excluding carboxylic acids is 1. The van der Waals surface area contributed by atoms with Gasteiger partial charge in [0, 0.05) is 37.0 Å². The van der Waals surface area contributed by atoms with Crippen molar-refractivity contribution in [2.24, 2.45) is 5.41 Å². The van der Waals surface area contributed by atoms with Gasteiger partial charge in [0.25, 0.3) is 5.91 Å². The molecule has 0 aliphatic carbocycles. The summed E-state index contributed by atoms with van der Waals surface area (Å²) < 4.78 is 18.6. The molecule has 0 saturated carbocycles. The van der Waals surface area contributed by atoms with E-state index >= 15 is 0 Å². The number of hydrogen-bond acceptors (Lipinski definition) is 4. The lowest BCUT2D eigenvalue weighted by atomic mass is 9.90. The van der Waals surface area contributed by atoms with Crippen LogP contribution in [0.3, 0.4) is 0 Å². The van der Waals surface area contributed by atoms with Crippen molar-refractivity contribution in [3.05, 3.63) is 42.5 Å². The zero-order valence-corrected chi connectivity index (χ0v) is 13.3. The molecule has 6 heteroatoms. The van der Waals surface area contributed by atoms with Crippen LogP contribution in [0.4, 0.5) is 10.3 Å². The fourth-order valence-electron chi connectivity index (χ4n) is 2.91. The van der Waals surface area contributed by atoms with Crippen LogP contribution in [0.15, 0.2) is 36.7 Å². The summed E-state index contributed by atoms with van der Waals surface area (Å²) in [5.74, 6) is -0.121. The lowest BCUT2D eigenvalue weighted by Crippen LogP contribution is -2.33. The molecule has 1 saturated heterocycles. The predicted octanol–water partition coefficient (Wildman–Crippen LogP) is 2.67. The predicted molar refractivity (Wildman–Crippen MR) is 84.4 cm³/mol. The molecule has 2 aromatic rings. The van der Waals surface area contributed by atoms with E-state index in [4.69, 9.17) is 4.74 Å². The van der Waals surface area contributed by atoms with E-state index in [1.807, 2.05) is 13.8 Å². The second kappa shape index (κ2) is 5.70. The van der Waals surface area contributed by atoms with Crippen LogP contribution >= 0.6 is 0 Å². The number of anilines is 1. The van der Waals surface area contributed by atoms with E-state index in [1.165, 1.54) is 24.1 Å². The molecule has 1 aromatic carbocycles. The van der Waals surface area contributed by atoms with Crippen LogP contribution in [0.25, 0.3) is 11.1 Å². The quantitative estimate of drug-likeness (QED) is 0.874. The number of carbonyl (C=O) groups is 1. The third kappa shape index (κ3) is 2.82. The van der Waals surface area contributed by atoms with Crippen molar-refractivity contribution >= 4 is 11.9 Å². The number of ether oxygens (including phenoxy) is 1. The van der Waals surface area contributed by atoms with Gasteiger partial charge in [0.15, 0.2) is 0 Å². The highest BCUT2D eigenvalue weighted by molar-refractivity contribution is 5.98. The van der Waals surface area contributed by atoms with Gasteiger partial charge < -0.3 is 4.74 Å². The molecule has 1 fully saturated rings. The molecule has 23 heavy (non-hydrogen) atoms. The maximum absolute atomic E-state index is 13.3. The van der Waals surface area contributed by atoms with Crippen LogP contribution in [0.1, 0.15) is 13.8 Å². The van der Waals surface area contributed by atoms with Crippen LogP contribution in [-0.4, -0.2) is 35.6 Å². The van der Waals surface area contributed by atoms with Gasteiger partial charge in [0.1, 0.15) is 11.9 Å². The molecule has 0 bridgehead atoms. The summed E-state index contributed by atoms with van der Waals surface area (Å²) in [5.41, 5.74) is 1.08. The molecule has 1 aliphatic rings. The van der Waals surface area contributed by atoms with Crippen LogP contribution in [-0.2, 0) is 9.53 Å². The highest BCUT2D eigenvalue weighted by Gasteiger charge is 2.47. The molecule has 2 heterocycles. The van der Waals surface area contributed by atoms with E-state index < -0.39 is 6.10 Å². The number of amides is 1. The first kappa shape index (κ1) is 15.6. The summed E-state index contributed by atoms with van der Waals surface area (Å²) >= 11 is 0. The smallest absolute Gasteiger partial charge is 0.259 e. The summed E-state index contributed by atoms with van der Waals surface area (Å²) in [6.07, 6.45) is 2.68. The number of rotatable bonds is 3. The Morgan fingerprint density at radius 2 is 1.96 bits per heavy atom. The maximum atomic E-state index is 13.3. The summed E-state index contributed by atoms with van der Waals surface area (Å²) in [6, 6.07) is 6.22. The van der Waals surface area contributed by atoms with Gasteiger partial charge in [0.05, 0.1) is 0 Å². The summed E-state index contributed by atoms with van der Waals surface area (Å²) in [6.45, 7) is 4.43. The van der Waals surface area contributed by atoms with E-state index in [1.54, 1.807) is 24.5 Å². The van der Waals surface area contributed by atoms with Crippen molar-refractivity contribution in [2.45, 2.75) is 20.0 Å². The molecule has 1 aromatic heterocycles. The Labute approximate surface area is 134 Å². The van der Waals surface area contributed by atoms with Crippen molar-refractivity contribution < 1.29 is 13.9 Å². The highest BCUT2D eigenvalue weighted by atomic mass is 19.1. The van der Waals surface area contributed by atoms with Crippen molar-refractivity contribution in [1.29, 1.82) is 0 Å². The third-order valence-electron chi connectivity index (χ3n) is 4.04. The van der Waals surface area contributed by atoms with Crippen molar-refractivity contribution in [2.75, 3.05) is 18.6 Å². The molecule has 1 atom stereocenters. The molecule has 0 radical (unpaired) electrons. The molecule has 1 aliphatic heterocycles. The molecule has 1 amide bonds. The summed E-state index contributed by atoms with van der Waals surface area (Å²) in [4.78, 5) is 22.5. The second-order valence-electron chi connectivity index (χ2n) is 6.31. The van der Waals surface area contributed by atoms with Crippen LogP contribution in [0, 0.1) is 11.2 Å². The standard InChI is InChI=1S/C17H18FN3O2/c1-17(2)10-21(15(22)14(17)23-3)16-19-8-12(9-20-16)11-5-4-6-13(18)7-11/h4-9,14H,10H2,1-3H3/t14-/m0/s1. The molecule has 120 valence electrons. The molecule has 0 N–H and O–H groups in total. The topological polar surface area (TPSA) is 55.3 Å². The van der Waals surface area contributed by atoms with Crippen LogP contribution in [0.2, 0.25) is 0 Å². The second-order valence-corrected chi connectivity index (χ2v) is 6.31. The lowest BCUT2D eigenvalue weighted by Gasteiger charge is -2.21. The van der Waals surface area contributed by atoms with Gasteiger partial charge in [-0.3, -0.25) is 9.69 Å². The zero-order chi connectivity index (χ0) is 16.6. The highest BCUT2D eigenvalue weighted by Crippen LogP contribution is 2.34. The van der Waals surface area contributed by atoms with Gasteiger partial charge in [0.2, 0.25) is 5.95 Å². The van der Waals surface area contributed by atoms with Gasteiger partial charge in [-0.15, -0.1) is 0 Å². The largest absolute Gasteiger partial charge is 0.371 e. The Balaban J connectivity index is 1.87. The minimum atomic E-state index is -0.506. The first-order valence-electron chi connectivity index (χ1n) is 7.34. The van der Waals surface area contributed by atoms with Gasteiger partial charge in [-0.25, -0.2) is 14.4 Å². The van der Waals surface area contributed by atoms with E-state index in [9.17, 15) is 9.18 Å². The minimum absolute atomic E-state index is 0.143. The van der Waals surface area contributed by atoms with E-state index in [-0.39, 0.29) is 17.1 Å². The van der Waals surface area contributed by atoms with Crippen LogP contribution in [0.5, 0.6) is 0 Å². The first-order chi connectivity index (χ1) is 10.9. The Morgan fingerprint density at radius 3 is 2.52 bits per heavy atom. The number of aromatic nitrogens is 2. The zero-order valence-electron chi connectivity index (χ0n) is 13.3. The average Bonchev–Trinajstić information content (AvgIpc) is 2.76. The molecular formula is C17H18FN3O2. The number of methoxy groups -OCH3 is 1. The monoisotopic (exact) mass is 315 g/mol. The van der Waals surface area contributed by atoms with Crippen LogP contribution < -0.4 is 4.90 Å². The SMILES string of the molecule is CO[C@H]1C(=O)N(c2ncc(-c3cccc(F)c3)cn2)CC1(C)C. The van der Waals surface area contributed by atoms with Gasteiger partial charge >= 0.3 is 0 Å². The fraction of sp³-hybridized carbons (Fsp3) is 0.353. The van der Waals surface area contributed by atoms with E-state index in [2.05, 4.69) is 9.97 Å². The van der Waals surface area contributed by atoms with E-state index in [0.29, 0.717) is 23.6 Å². The Morgan fingerprint density at radius 1 is 1.26 bits per heavy atom. The Hall–Kier alpha value is -2.34. The third-order valence-corrected chi connectivity index (χ3v) is 4.04. The van der Waals surface area contributed by atoms with Crippen molar-refractivity contribution in [3.63, 3.8) is 0 Å². The number of nitrogens with zero attached hydrogens (tertiary/aromatic N) is 3. The molecule has 0 unspecified atom stereocenters. The molecule has 0 spiro atoms. The molecule has 3 rings (SSSR count). The van der Waals surface area contributed by atoms with Gasteiger partial charge in [-0.1, -0.05) is 26.0 Å². The summed E-state index contributed by atoms with van der Waals surface area (Å²) in [5, 5.41) is 0. The van der Waals surface area contributed by atoms with Crippen molar-refractivity contribution in [1.82, 2.24) is 9.97 Å². The van der Waals surface area contributed by atoms with Gasteiger partial charge in [-0.2, -0.15) is 0 Å². The minimum Gasteiger partial charge on any atom is -0.371 e. The number of hydrogen-bond donors (Lipinski definition) is 0. The average molecular weight is 315 g/mol. The Bertz CT molecular complexity index is 731. The fourth-order valence-corrected chi connectivity index (χ4v) is 2.91.